The SMILES string of the molecule is COc1ccc(C(=O)NCC2CNC2)cc1.Cl. The quantitative estimate of drug-likeness (QED) is 0.847. The van der Waals surface area contributed by atoms with E-state index in [0.29, 0.717) is 11.5 Å². The largest absolute Gasteiger partial charge is 0.497 e. The highest BCUT2D eigenvalue weighted by Gasteiger charge is 2.17. The molecule has 4 nitrogen and oxygen atoms in total. The molecule has 0 bridgehead atoms. The van der Waals surface area contributed by atoms with Gasteiger partial charge in [-0.25, -0.2) is 0 Å². The fourth-order valence-corrected chi connectivity index (χ4v) is 1.57. The Kier molecular flexibility index (Phi) is 5.25. The first kappa shape index (κ1) is 13.8. The molecule has 5 heteroatoms. The molecule has 1 aromatic carbocycles. The van der Waals surface area contributed by atoms with Crippen LogP contribution in [0.15, 0.2) is 24.3 Å². The van der Waals surface area contributed by atoms with Crippen molar-refractivity contribution < 1.29 is 9.53 Å². The number of ether oxygens (including phenoxy) is 1. The Labute approximate surface area is 107 Å². The Balaban J connectivity index is 0.00000144. The third-order valence-corrected chi connectivity index (χ3v) is 2.77. The Hall–Kier alpha value is -1.26. The van der Waals surface area contributed by atoms with E-state index in [9.17, 15) is 4.79 Å². The molecule has 1 saturated heterocycles. The minimum absolute atomic E-state index is 0. The highest BCUT2D eigenvalue weighted by molar-refractivity contribution is 5.94. The normalized spacial score (nSPS) is 14.4. The van der Waals surface area contributed by atoms with Crippen molar-refractivity contribution in [2.75, 3.05) is 26.7 Å². The number of rotatable bonds is 4. The summed E-state index contributed by atoms with van der Waals surface area (Å²) in [6.07, 6.45) is 0. The molecule has 0 unspecified atom stereocenters. The number of benzene rings is 1. The first-order valence-corrected chi connectivity index (χ1v) is 5.42. The molecule has 1 aromatic rings. The predicted molar refractivity (Wildman–Crippen MR) is 68.9 cm³/mol. The Morgan fingerprint density at radius 2 is 2.06 bits per heavy atom. The van der Waals surface area contributed by atoms with Crippen LogP contribution in [0.2, 0.25) is 0 Å². The van der Waals surface area contributed by atoms with Gasteiger partial charge in [0.05, 0.1) is 7.11 Å². The zero-order valence-corrected chi connectivity index (χ0v) is 10.5. The van der Waals surface area contributed by atoms with Crippen molar-refractivity contribution in [2.45, 2.75) is 0 Å². The molecule has 1 aliphatic heterocycles. The van der Waals surface area contributed by atoms with Crippen molar-refractivity contribution in [1.29, 1.82) is 0 Å². The predicted octanol–water partition coefficient (Wildman–Crippen LogP) is 1.07. The van der Waals surface area contributed by atoms with Crippen molar-refractivity contribution in [1.82, 2.24) is 10.6 Å². The third kappa shape index (κ3) is 3.61. The van der Waals surface area contributed by atoms with Gasteiger partial charge in [0.25, 0.3) is 5.91 Å². The lowest BCUT2D eigenvalue weighted by Gasteiger charge is -2.27. The minimum Gasteiger partial charge on any atom is -0.497 e. The van der Waals surface area contributed by atoms with Crippen molar-refractivity contribution in [2.24, 2.45) is 5.92 Å². The third-order valence-electron chi connectivity index (χ3n) is 2.77. The van der Waals surface area contributed by atoms with E-state index >= 15 is 0 Å². The van der Waals surface area contributed by atoms with Gasteiger partial charge in [-0.15, -0.1) is 12.4 Å². The van der Waals surface area contributed by atoms with Gasteiger partial charge in [0.2, 0.25) is 0 Å². The molecule has 0 aromatic heterocycles. The molecule has 0 spiro atoms. The van der Waals surface area contributed by atoms with Gasteiger partial charge < -0.3 is 15.4 Å². The van der Waals surface area contributed by atoms with E-state index in [1.807, 2.05) is 0 Å². The molecule has 0 atom stereocenters. The number of carbonyl (C=O) groups is 1. The molecule has 1 heterocycles. The number of nitrogens with one attached hydrogen (secondary N) is 2. The number of carbonyl (C=O) groups excluding carboxylic acids is 1. The molecule has 0 aliphatic carbocycles. The summed E-state index contributed by atoms with van der Waals surface area (Å²) >= 11 is 0. The van der Waals surface area contributed by atoms with Crippen molar-refractivity contribution in [3.8, 4) is 5.75 Å². The topological polar surface area (TPSA) is 50.4 Å². The van der Waals surface area contributed by atoms with Gasteiger partial charge in [-0.1, -0.05) is 0 Å². The lowest BCUT2D eigenvalue weighted by atomic mass is 10.0. The second-order valence-electron chi connectivity index (χ2n) is 3.96. The molecule has 17 heavy (non-hydrogen) atoms. The van der Waals surface area contributed by atoms with Crippen LogP contribution in [0.3, 0.4) is 0 Å². The summed E-state index contributed by atoms with van der Waals surface area (Å²) in [4.78, 5) is 11.7. The van der Waals surface area contributed by atoms with Crippen LogP contribution in [0.25, 0.3) is 0 Å². The van der Waals surface area contributed by atoms with E-state index in [1.54, 1.807) is 31.4 Å². The van der Waals surface area contributed by atoms with Gasteiger partial charge in [-0.2, -0.15) is 0 Å². The number of hydrogen-bond donors (Lipinski definition) is 2. The van der Waals surface area contributed by atoms with Crippen LogP contribution < -0.4 is 15.4 Å². The van der Waals surface area contributed by atoms with Gasteiger partial charge in [0, 0.05) is 31.1 Å². The molecule has 94 valence electrons. The summed E-state index contributed by atoms with van der Waals surface area (Å²) in [6.45, 7) is 2.75. The summed E-state index contributed by atoms with van der Waals surface area (Å²) < 4.78 is 5.03. The van der Waals surface area contributed by atoms with Crippen LogP contribution in [0.5, 0.6) is 5.75 Å². The molecule has 0 radical (unpaired) electrons. The molecule has 2 rings (SSSR count). The number of hydrogen-bond acceptors (Lipinski definition) is 3. The Morgan fingerprint density at radius 3 is 2.53 bits per heavy atom. The number of methoxy groups -OCH3 is 1. The highest BCUT2D eigenvalue weighted by Crippen LogP contribution is 2.11. The minimum atomic E-state index is -0.0189. The van der Waals surface area contributed by atoms with E-state index in [0.717, 1.165) is 25.4 Å². The first-order chi connectivity index (χ1) is 7.79. The van der Waals surface area contributed by atoms with Gasteiger partial charge >= 0.3 is 0 Å². The lowest BCUT2D eigenvalue weighted by Crippen LogP contribution is -2.48. The Morgan fingerprint density at radius 1 is 1.41 bits per heavy atom. The molecular weight excluding hydrogens is 240 g/mol. The smallest absolute Gasteiger partial charge is 0.251 e. The van der Waals surface area contributed by atoms with E-state index in [4.69, 9.17) is 4.74 Å². The Bertz CT molecular complexity index is 363. The summed E-state index contributed by atoms with van der Waals surface area (Å²) in [7, 11) is 1.61. The maximum Gasteiger partial charge on any atom is 0.251 e. The van der Waals surface area contributed by atoms with Crippen LogP contribution in [0, 0.1) is 5.92 Å². The van der Waals surface area contributed by atoms with Crippen LogP contribution in [0.4, 0.5) is 0 Å². The van der Waals surface area contributed by atoms with Gasteiger partial charge in [0.15, 0.2) is 0 Å². The van der Waals surface area contributed by atoms with Crippen molar-refractivity contribution in [3.63, 3.8) is 0 Å². The number of amides is 1. The van der Waals surface area contributed by atoms with Crippen LogP contribution in [-0.2, 0) is 0 Å². The molecule has 1 aliphatic rings. The van der Waals surface area contributed by atoms with Crippen molar-refractivity contribution >= 4 is 18.3 Å². The van der Waals surface area contributed by atoms with Crippen molar-refractivity contribution in [3.05, 3.63) is 29.8 Å². The fourth-order valence-electron chi connectivity index (χ4n) is 1.57. The van der Waals surface area contributed by atoms with Crippen LogP contribution in [0.1, 0.15) is 10.4 Å². The summed E-state index contributed by atoms with van der Waals surface area (Å²) in [5.74, 6) is 1.33. The van der Waals surface area contributed by atoms with E-state index in [1.165, 1.54) is 0 Å². The van der Waals surface area contributed by atoms with Crippen LogP contribution in [-0.4, -0.2) is 32.7 Å². The van der Waals surface area contributed by atoms with E-state index in [2.05, 4.69) is 10.6 Å². The summed E-state index contributed by atoms with van der Waals surface area (Å²) in [6, 6.07) is 7.13. The summed E-state index contributed by atoms with van der Waals surface area (Å²) in [5.41, 5.74) is 0.674. The van der Waals surface area contributed by atoms with Crippen LogP contribution >= 0.6 is 12.4 Å². The molecule has 2 N–H and O–H groups in total. The average molecular weight is 257 g/mol. The zero-order valence-electron chi connectivity index (χ0n) is 9.73. The van der Waals surface area contributed by atoms with Gasteiger partial charge in [-0.05, 0) is 24.3 Å². The monoisotopic (exact) mass is 256 g/mol. The maximum atomic E-state index is 11.7. The highest BCUT2D eigenvalue weighted by atomic mass is 35.5. The molecular formula is C12H17ClN2O2. The standard InChI is InChI=1S/C12H16N2O2.ClH/c1-16-11-4-2-10(3-5-11)12(15)14-8-9-6-13-7-9;/h2-5,9,13H,6-8H2,1H3,(H,14,15);1H. The maximum absolute atomic E-state index is 11.7. The van der Waals surface area contributed by atoms with Gasteiger partial charge in [-0.3, -0.25) is 4.79 Å². The van der Waals surface area contributed by atoms with E-state index in [-0.39, 0.29) is 18.3 Å². The van der Waals surface area contributed by atoms with E-state index < -0.39 is 0 Å². The van der Waals surface area contributed by atoms with Gasteiger partial charge in [0.1, 0.15) is 5.75 Å². The molecule has 0 saturated carbocycles. The average Bonchev–Trinajstić information content (AvgIpc) is 2.27. The molecule has 1 fully saturated rings. The second-order valence-corrected chi connectivity index (χ2v) is 3.96. The second kappa shape index (κ2) is 6.47. The molecule has 1 amide bonds. The number of halogens is 1. The summed E-state index contributed by atoms with van der Waals surface area (Å²) in [5, 5.41) is 6.09. The zero-order chi connectivity index (χ0) is 11.4. The lowest BCUT2D eigenvalue weighted by molar-refractivity contribution is 0.0942. The first-order valence-electron chi connectivity index (χ1n) is 5.42. The fraction of sp³-hybridized carbons (Fsp3) is 0.417.